The fraction of sp³-hybridized carbons (Fsp3) is 0.310. The van der Waals surface area contributed by atoms with Crippen molar-refractivity contribution in [2.75, 3.05) is 13.2 Å². The molecule has 0 aliphatic rings. The van der Waals surface area contributed by atoms with Gasteiger partial charge in [0.2, 0.25) is 5.91 Å². The van der Waals surface area contributed by atoms with Gasteiger partial charge in [-0.2, -0.15) is 0 Å². The molecule has 1 atom stereocenters. The molecule has 0 aliphatic heterocycles. The number of hydrogen-bond acceptors (Lipinski definition) is 3. The molecule has 0 saturated carbocycles. The minimum Gasteiger partial charge on any atom is -0.484 e. The highest BCUT2D eigenvalue weighted by atomic mass is 79.9. The van der Waals surface area contributed by atoms with Crippen molar-refractivity contribution in [1.29, 1.82) is 0 Å². The first-order valence-electron chi connectivity index (χ1n) is 12.0. The van der Waals surface area contributed by atoms with E-state index >= 15 is 0 Å². The van der Waals surface area contributed by atoms with E-state index in [0.717, 1.165) is 34.0 Å². The van der Waals surface area contributed by atoms with Crippen molar-refractivity contribution in [3.8, 4) is 5.75 Å². The molecule has 0 unspecified atom stereocenters. The average Bonchev–Trinajstić information content (AvgIpc) is 2.86. The van der Waals surface area contributed by atoms with Crippen LogP contribution < -0.4 is 10.1 Å². The molecule has 3 aromatic carbocycles. The molecule has 6 heteroatoms. The fourth-order valence-electron chi connectivity index (χ4n) is 3.83. The third kappa shape index (κ3) is 8.55. The van der Waals surface area contributed by atoms with E-state index < -0.39 is 6.04 Å². The van der Waals surface area contributed by atoms with Gasteiger partial charge in [-0.1, -0.05) is 89.4 Å². The van der Waals surface area contributed by atoms with Gasteiger partial charge in [-0.3, -0.25) is 9.59 Å². The molecule has 0 aliphatic carbocycles. The number of unbranched alkanes of at least 4 members (excludes halogenated alkanes) is 1. The number of amides is 2. The van der Waals surface area contributed by atoms with Crippen molar-refractivity contribution in [3.05, 3.63) is 100 Å². The van der Waals surface area contributed by atoms with Gasteiger partial charge in [-0.15, -0.1) is 0 Å². The summed E-state index contributed by atoms with van der Waals surface area (Å²) < 4.78 is 6.73. The van der Waals surface area contributed by atoms with Crippen molar-refractivity contribution < 1.29 is 14.3 Å². The van der Waals surface area contributed by atoms with Gasteiger partial charge in [0.15, 0.2) is 6.61 Å². The smallest absolute Gasteiger partial charge is 0.261 e. The van der Waals surface area contributed by atoms with Gasteiger partial charge in [0.05, 0.1) is 0 Å². The predicted molar refractivity (Wildman–Crippen MR) is 143 cm³/mol. The Labute approximate surface area is 216 Å². The van der Waals surface area contributed by atoms with Gasteiger partial charge in [-0.05, 0) is 48.7 Å². The number of rotatable bonds is 12. The second kappa shape index (κ2) is 13.7. The summed E-state index contributed by atoms with van der Waals surface area (Å²) in [6.07, 6.45) is 2.30. The van der Waals surface area contributed by atoms with E-state index in [9.17, 15) is 9.59 Å². The normalized spacial score (nSPS) is 11.5. The van der Waals surface area contributed by atoms with Gasteiger partial charge in [-0.25, -0.2) is 0 Å². The Morgan fingerprint density at radius 2 is 1.69 bits per heavy atom. The van der Waals surface area contributed by atoms with E-state index in [2.05, 4.69) is 28.2 Å². The zero-order valence-electron chi connectivity index (χ0n) is 20.4. The number of nitrogens with zero attached hydrogens (tertiary/aromatic N) is 1. The molecule has 0 radical (unpaired) electrons. The number of carbonyl (C=O) groups is 2. The summed E-state index contributed by atoms with van der Waals surface area (Å²) in [5, 5.41) is 3.04. The number of ether oxygens (including phenoxy) is 1. The van der Waals surface area contributed by atoms with Gasteiger partial charge in [0.25, 0.3) is 5.91 Å². The van der Waals surface area contributed by atoms with E-state index in [1.165, 1.54) is 0 Å². The predicted octanol–water partition coefficient (Wildman–Crippen LogP) is 5.69. The first kappa shape index (κ1) is 26.5. The molecule has 2 amide bonds. The number of benzene rings is 3. The monoisotopic (exact) mass is 536 g/mol. The standard InChI is InChI=1S/C29H33BrN2O3/c1-3-4-17-31-29(34)27(19-23-10-6-5-7-11-23)32(20-24-12-8-9-22(2)18-24)28(33)21-35-26-15-13-25(30)14-16-26/h5-16,18,27H,3-4,17,19-21H2,1-2H3,(H,31,34)/t27-/m0/s1. The number of halogens is 1. The van der Waals surface area contributed by atoms with Crippen LogP contribution in [-0.4, -0.2) is 35.9 Å². The SMILES string of the molecule is CCCCNC(=O)[C@H](Cc1ccccc1)N(Cc1cccc(C)c1)C(=O)COc1ccc(Br)cc1. The lowest BCUT2D eigenvalue weighted by atomic mass is 10.0. The molecule has 0 fully saturated rings. The third-order valence-corrected chi connectivity index (χ3v) is 6.24. The van der Waals surface area contributed by atoms with Crippen LogP contribution in [0, 0.1) is 6.92 Å². The highest BCUT2D eigenvalue weighted by Gasteiger charge is 2.30. The maximum atomic E-state index is 13.6. The van der Waals surface area contributed by atoms with E-state index in [-0.39, 0.29) is 18.4 Å². The molecule has 0 aromatic heterocycles. The molecule has 3 rings (SSSR count). The Morgan fingerprint density at radius 1 is 0.971 bits per heavy atom. The van der Waals surface area contributed by atoms with Crippen LogP contribution in [0.5, 0.6) is 5.75 Å². The summed E-state index contributed by atoms with van der Waals surface area (Å²) in [6.45, 7) is 4.86. The number of carbonyl (C=O) groups excluding carboxylic acids is 2. The lowest BCUT2D eigenvalue weighted by molar-refractivity contribution is -0.142. The lowest BCUT2D eigenvalue weighted by Gasteiger charge is -2.31. The van der Waals surface area contributed by atoms with E-state index in [4.69, 9.17) is 4.74 Å². The van der Waals surface area contributed by atoms with Crippen molar-refractivity contribution >= 4 is 27.7 Å². The Morgan fingerprint density at radius 3 is 2.37 bits per heavy atom. The quantitative estimate of drug-likeness (QED) is 0.302. The van der Waals surface area contributed by atoms with Gasteiger partial charge in [0, 0.05) is 24.0 Å². The topological polar surface area (TPSA) is 58.6 Å². The van der Waals surface area contributed by atoms with Crippen LogP contribution in [0.4, 0.5) is 0 Å². The molecule has 0 spiro atoms. The number of hydrogen-bond donors (Lipinski definition) is 1. The highest BCUT2D eigenvalue weighted by molar-refractivity contribution is 9.10. The van der Waals surface area contributed by atoms with Crippen LogP contribution >= 0.6 is 15.9 Å². The van der Waals surface area contributed by atoms with Crippen LogP contribution in [0.25, 0.3) is 0 Å². The van der Waals surface area contributed by atoms with Crippen LogP contribution in [0.2, 0.25) is 0 Å². The Balaban J connectivity index is 1.87. The van der Waals surface area contributed by atoms with Crippen molar-refractivity contribution in [2.24, 2.45) is 0 Å². The number of nitrogens with one attached hydrogen (secondary N) is 1. The lowest BCUT2D eigenvalue weighted by Crippen LogP contribution is -2.51. The zero-order chi connectivity index (χ0) is 25.0. The molecule has 35 heavy (non-hydrogen) atoms. The first-order chi connectivity index (χ1) is 17.0. The summed E-state index contributed by atoms with van der Waals surface area (Å²) in [7, 11) is 0. The number of aryl methyl sites for hydroxylation is 1. The van der Waals surface area contributed by atoms with E-state index in [1.807, 2.05) is 73.7 Å². The minimum absolute atomic E-state index is 0.146. The maximum Gasteiger partial charge on any atom is 0.261 e. The molecular formula is C29H33BrN2O3. The molecular weight excluding hydrogens is 504 g/mol. The van der Waals surface area contributed by atoms with Crippen molar-refractivity contribution in [3.63, 3.8) is 0 Å². The molecule has 0 saturated heterocycles. The molecule has 0 bridgehead atoms. The first-order valence-corrected chi connectivity index (χ1v) is 12.8. The Bertz CT molecular complexity index is 1090. The van der Waals surface area contributed by atoms with E-state index in [1.54, 1.807) is 17.0 Å². The maximum absolute atomic E-state index is 13.6. The second-order valence-electron chi connectivity index (χ2n) is 8.60. The van der Waals surface area contributed by atoms with Gasteiger partial charge >= 0.3 is 0 Å². The summed E-state index contributed by atoms with van der Waals surface area (Å²) >= 11 is 3.41. The van der Waals surface area contributed by atoms with Gasteiger partial charge in [0.1, 0.15) is 11.8 Å². The third-order valence-electron chi connectivity index (χ3n) is 5.71. The summed E-state index contributed by atoms with van der Waals surface area (Å²) in [5.74, 6) is 0.219. The highest BCUT2D eigenvalue weighted by Crippen LogP contribution is 2.18. The summed E-state index contributed by atoms with van der Waals surface area (Å²) in [4.78, 5) is 28.6. The summed E-state index contributed by atoms with van der Waals surface area (Å²) in [6, 6.07) is 24.5. The van der Waals surface area contributed by atoms with Crippen molar-refractivity contribution in [2.45, 2.75) is 45.7 Å². The largest absolute Gasteiger partial charge is 0.484 e. The van der Waals surface area contributed by atoms with Crippen LogP contribution in [0.15, 0.2) is 83.3 Å². The summed E-state index contributed by atoms with van der Waals surface area (Å²) in [5.41, 5.74) is 3.08. The van der Waals surface area contributed by atoms with Crippen LogP contribution in [0.1, 0.15) is 36.5 Å². The average molecular weight is 537 g/mol. The minimum atomic E-state index is -0.657. The fourth-order valence-corrected chi connectivity index (χ4v) is 4.09. The Hall–Kier alpha value is -3.12. The van der Waals surface area contributed by atoms with E-state index in [0.29, 0.717) is 25.3 Å². The van der Waals surface area contributed by atoms with Gasteiger partial charge < -0.3 is 15.0 Å². The molecule has 184 valence electrons. The van der Waals surface area contributed by atoms with Crippen LogP contribution in [-0.2, 0) is 22.6 Å². The molecule has 1 N–H and O–H groups in total. The van der Waals surface area contributed by atoms with Crippen LogP contribution in [0.3, 0.4) is 0 Å². The molecule has 0 heterocycles. The second-order valence-corrected chi connectivity index (χ2v) is 9.52. The zero-order valence-corrected chi connectivity index (χ0v) is 22.0. The molecule has 3 aromatic rings. The molecule has 5 nitrogen and oxygen atoms in total. The van der Waals surface area contributed by atoms with Crippen molar-refractivity contribution in [1.82, 2.24) is 10.2 Å². The Kier molecular flexibility index (Phi) is 10.4.